The highest BCUT2D eigenvalue weighted by molar-refractivity contribution is 5.81. The minimum absolute atomic E-state index is 0.00205. The largest absolute Gasteiger partial charge is 0.246 e. The van der Waals surface area contributed by atoms with Gasteiger partial charge in [0.1, 0.15) is 0 Å². The maximum absolute atomic E-state index is 4.84. The van der Waals surface area contributed by atoms with Crippen molar-refractivity contribution >= 4 is 12.4 Å². The molecule has 3 aromatic rings. The molecule has 0 spiro atoms. The summed E-state index contributed by atoms with van der Waals surface area (Å²) < 4.78 is 4.13. The van der Waals surface area contributed by atoms with Crippen LogP contribution in [0.15, 0.2) is 52.7 Å². The molecule has 0 bridgehead atoms. The van der Waals surface area contributed by atoms with Crippen molar-refractivity contribution in [1.29, 1.82) is 0 Å². The molecule has 5 heteroatoms. The topological polar surface area (TPSA) is 47.5 Å². The van der Waals surface area contributed by atoms with Gasteiger partial charge in [-0.1, -0.05) is 75.3 Å². The van der Waals surface area contributed by atoms with Gasteiger partial charge in [-0.2, -0.15) is 10.2 Å². The Morgan fingerprint density at radius 3 is 1.35 bits per heavy atom. The zero-order valence-corrected chi connectivity index (χ0v) is 22.6. The SMILES string of the molecule is CC(C)c1ccc(C(C)(C)C)n1/N=C/c1cccc(/C=N/n2c(C(C)C)ccc2C(C)(C)C)n1. The maximum atomic E-state index is 4.84. The molecule has 0 radical (unpaired) electrons. The Hall–Kier alpha value is -2.95. The van der Waals surface area contributed by atoms with Crippen LogP contribution in [-0.4, -0.2) is 26.8 Å². The van der Waals surface area contributed by atoms with Crippen LogP contribution in [0.2, 0.25) is 0 Å². The van der Waals surface area contributed by atoms with E-state index >= 15 is 0 Å². The minimum Gasteiger partial charge on any atom is -0.246 e. The van der Waals surface area contributed by atoms with Gasteiger partial charge in [-0.05, 0) is 48.2 Å². The molecular formula is C29H41N5. The van der Waals surface area contributed by atoms with Crippen LogP contribution in [0.5, 0.6) is 0 Å². The fourth-order valence-electron chi connectivity index (χ4n) is 4.00. The summed E-state index contributed by atoms with van der Waals surface area (Å²) in [5.41, 5.74) is 6.39. The average Bonchev–Trinajstić information content (AvgIpc) is 3.35. The third-order valence-corrected chi connectivity index (χ3v) is 5.89. The highest BCUT2D eigenvalue weighted by atomic mass is 15.4. The average molecular weight is 460 g/mol. The molecule has 0 N–H and O–H groups in total. The van der Waals surface area contributed by atoms with E-state index in [1.807, 2.05) is 30.6 Å². The maximum Gasteiger partial charge on any atom is 0.0838 e. The smallest absolute Gasteiger partial charge is 0.0838 e. The van der Waals surface area contributed by atoms with Gasteiger partial charge < -0.3 is 0 Å². The van der Waals surface area contributed by atoms with Gasteiger partial charge in [0.05, 0.1) is 23.8 Å². The van der Waals surface area contributed by atoms with Crippen molar-refractivity contribution in [2.45, 2.75) is 91.9 Å². The lowest BCUT2D eigenvalue weighted by molar-refractivity contribution is 0.529. The molecule has 0 aliphatic rings. The fourth-order valence-corrected chi connectivity index (χ4v) is 4.00. The molecule has 0 saturated carbocycles. The van der Waals surface area contributed by atoms with Crippen molar-refractivity contribution in [3.63, 3.8) is 0 Å². The first kappa shape index (κ1) is 25.7. The fraction of sp³-hybridized carbons (Fsp3) is 0.483. The molecule has 3 aromatic heterocycles. The van der Waals surface area contributed by atoms with Gasteiger partial charge in [0.25, 0.3) is 0 Å². The van der Waals surface area contributed by atoms with E-state index in [-0.39, 0.29) is 10.8 Å². The quantitative estimate of drug-likeness (QED) is 0.357. The predicted octanol–water partition coefficient (Wildman–Crippen LogP) is 7.29. The van der Waals surface area contributed by atoms with E-state index < -0.39 is 0 Å². The summed E-state index contributed by atoms with van der Waals surface area (Å²) in [6, 6.07) is 14.7. The van der Waals surface area contributed by atoms with Gasteiger partial charge in [0, 0.05) is 33.6 Å². The molecule has 182 valence electrons. The lowest BCUT2D eigenvalue weighted by atomic mass is 9.92. The van der Waals surface area contributed by atoms with Crippen LogP contribution in [0, 0.1) is 0 Å². The van der Waals surface area contributed by atoms with Gasteiger partial charge in [0.2, 0.25) is 0 Å². The van der Waals surface area contributed by atoms with Gasteiger partial charge in [0.15, 0.2) is 0 Å². The zero-order chi connectivity index (χ0) is 25.3. The first-order chi connectivity index (χ1) is 15.8. The number of hydrogen-bond donors (Lipinski definition) is 0. The molecule has 0 amide bonds. The van der Waals surface area contributed by atoms with E-state index in [0.29, 0.717) is 11.8 Å². The standard InChI is InChI=1S/C29H41N5/c1-20(2)24-14-16-26(28(5,6)7)33(24)30-18-22-12-11-13-23(32-22)19-31-34-25(21(3)4)15-17-27(34)29(8,9)10/h11-21H,1-10H3/b30-18+,31-19+. The van der Waals surface area contributed by atoms with Crippen LogP contribution in [0.3, 0.4) is 0 Å². The van der Waals surface area contributed by atoms with Crippen molar-refractivity contribution in [2.24, 2.45) is 10.2 Å². The van der Waals surface area contributed by atoms with Crippen LogP contribution < -0.4 is 0 Å². The Balaban J connectivity index is 1.94. The molecule has 0 saturated heterocycles. The Bertz CT molecular complexity index is 1080. The van der Waals surface area contributed by atoms with Crippen molar-refractivity contribution in [1.82, 2.24) is 14.3 Å². The monoisotopic (exact) mass is 459 g/mol. The van der Waals surface area contributed by atoms with E-state index in [1.54, 1.807) is 0 Å². The summed E-state index contributed by atoms with van der Waals surface area (Å²) in [6.07, 6.45) is 3.68. The molecular weight excluding hydrogens is 418 g/mol. The molecule has 0 atom stereocenters. The van der Waals surface area contributed by atoms with E-state index in [1.165, 1.54) is 22.8 Å². The van der Waals surface area contributed by atoms with E-state index in [9.17, 15) is 0 Å². The summed E-state index contributed by atoms with van der Waals surface area (Å²) in [5, 5.41) is 9.68. The second-order valence-electron chi connectivity index (χ2n) is 11.7. The summed E-state index contributed by atoms with van der Waals surface area (Å²) in [7, 11) is 0. The van der Waals surface area contributed by atoms with Crippen LogP contribution in [0.25, 0.3) is 0 Å². The molecule has 0 unspecified atom stereocenters. The molecule has 34 heavy (non-hydrogen) atoms. The summed E-state index contributed by atoms with van der Waals surface area (Å²) >= 11 is 0. The van der Waals surface area contributed by atoms with Crippen molar-refractivity contribution in [2.75, 3.05) is 0 Å². The van der Waals surface area contributed by atoms with Crippen molar-refractivity contribution < 1.29 is 0 Å². The summed E-state index contributed by atoms with van der Waals surface area (Å²) in [6.45, 7) is 22.1. The number of rotatable bonds is 6. The molecule has 3 heterocycles. The number of nitrogens with zero attached hydrogens (tertiary/aromatic N) is 5. The first-order valence-corrected chi connectivity index (χ1v) is 12.3. The summed E-state index contributed by atoms with van der Waals surface area (Å²) in [4.78, 5) is 4.78. The Morgan fingerprint density at radius 2 is 1.03 bits per heavy atom. The van der Waals surface area contributed by atoms with Crippen molar-refractivity contribution in [3.8, 4) is 0 Å². The molecule has 0 aliphatic carbocycles. The zero-order valence-electron chi connectivity index (χ0n) is 22.6. The minimum atomic E-state index is 0.00205. The van der Waals surface area contributed by atoms with Crippen LogP contribution >= 0.6 is 0 Å². The van der Waals surface area contributed by atoms with E-state index in [2.05, 4.69) is 103 Å². The molecule has 3 rings (SSSR count). The Labute approximate surface area is 205 Å². The second kappa shape index (κ2) is 9.73. The lowest BCUT2D eigenvalue weighted by Crippen LogP contribution is -2.17. The third-order valence-electron chi connectivity index (χ3n) is 5.89. The Kier molecular flexibility index (Phi) is 7.35. The van der Waals surface area contributed by atoms with Gasteiger partial charge in [-0.15, -0.1) is 0 Å². The number of hydrogen-bond acceptors (Lipinski definition) is 3. The summed E-state index contributed by atoms with van der Waals surface area (Å²) in [5.74, 6) is 0.766. The molecule has 0 aromatic carbocycles. The normalized spacial score (nSPS) is 13.3. The van der Waals surface area contributed by atoms with Gasteiger partial charge in [-0.25, -0.2) is 14.3 Å². The third kappa shape index (κ3) is 5.75. The highest BCUT2D eigenvalue weighted by Crippen LogP contribution is 2.29. The highest BCUT2D eigenvalue weighted by Gasteiger charge is 2.22. The van der Waals surface area contributed by atoms with Gasteiger partial charge >= 0.3 is 0 Å². The van der Waals surface area contributed by atoms with Crippen LogP contribution in [0.4, 0.5) is 0 Å². The number of aromatic nitrogens is 3. The second-order valence-corrected chi connectivity index (χ2v) is 11.7. The molecule has 0 fully saturated rings. The first-order valence-electron chi connectivity index (χ1n) is 12.3. The van der Waals surface area contributed by atoms with Crippen LogP contribution in [-0.2, 0) is 10.8 Å². The molecule has 5 nitrogen and oxygen atoms in total. The van der Waals surface area contributed by atoms with E-state index in [4.69, 9.17) is 15.2 Å². The Morgan fingerprint density at radius 1 is 0.647 bits per heavy atom. The van der Waals surface area contributed by atoms with Gasteiger partial charge in [-0.3, -0.25) is 0 Å². The predicted molar refractivity (Wildman–Crippen MR) is 145 cm³/mol. The lowest BCUT2D eigenvalue weighted by Gasteiger charge is -2.21. The van der Waals surface area contributed by atoms with Crippen molar-refractivity contribution in [3.05, 3.63) is 76.6 Å². The van der Waals surface area contributed by atoms with Crippen LogP contribution in [0.1, 0.15) is 115 Å². The molecule has 0 aliphatic heterocycles. The number of pyridine rings is 1. The van der Waals surface area contributed by atoms with E-state index in [0.717, 1.165) is 11.4 Å².